The first-order valence-corrected chi connectivity index (χ1v) is 7.90. The molecule has 0 saturated carbocycles. The monoisotopic (exact) mass is 291 g/mol. The first-order valence-electron chi connectivity index (χ1n) is 7.90. The van der Waals surface area contributed by atoms with Crippen molar-refractivity contribution in [2.45, 2.75) is 46.0 Å². The molecule has 0 bridgehead atoms. The van der Waals surface area contributed by atoms with Crippen molar-refractivity contribution in [3.63, 3.8) is 0 Å². The molecule has 0 aliphatic carbocycles. The van der Waals surface area contributed by atoms with Gasteiger partial charge in [0, 0.05) is 6.20 Å². The fraction of sp³-hybridized carbons (Fsp3) is 0.647. The van der Waals surface area contributed by atoms with Gasteiger partial charge in [0.05, 0.1) is 11.1 Å². The van der Waals surface area contributed by atoms with Crippen molar-refractivity contribution in [3.8, 4) is 0 Å². The average molecular weight is 291 g/mol. The van der Waals surface area contributed by atoms with E-state index in [9.17, 15) is 4.79 Å². The highest BCUT2D eigenvalue weighted by Gasteiger charge is 2.40. The number of carbonyl (C=O) groups excluding carboxylic acids is 1. The Labute approximate surface area is 128 Å². The Kier molecular flexibility index (Phi) is 6.82. The van der Waals surface area contributed by atoms with Crippen molar-refractivity contribution in [3.05, 3.63) is 30.1 Å². The summed E-state index contributed by atoms with van der Waals surface area (Å²) in [6, 6.07) is 5.72. The van der Waals surface area contributed by atoms with Gasteiger partial charge >= 0.3 is 0 Å². The van der Waals surface area contributed by atoms with Gasteiger partial charge in [-0.15, -0.1) is 0 Å². The van der Waals surface area contributed by atoms with E-state index in [0.717, 1.165) is 38.2 Å². The van der Waals surface area contributed by atoms with Crippen LogP contribution in [0.3, 0.4) is 0 Å². The molecular weight excluding hydrogens is 262 g/mol. The lowest BCUT2D eigenvalue weighted by molar-refractivity contribution is -0.124. The smallest absolute Gasteiger partial charge is 0.229 e. The molecule has 1 aromatic rings. The van der Waals surface area contributed by atoms with E-state index in [1.807, 2.05) is 18.2 Å². The van der Waals surface area contributed by atoms with Gasteiger partial charge in [-0.3, -0.25) is 9.78 Å². The Morgan fingerprint density at radius 2 is 2.00 bits per heavy atom. The Morgan fingerprint density at radius 3 is 2.43 bits per heavy atom. The van der Waals surface area contributed by atoms with Crippen LogP contribution in [0.4, 0.5) is 0 Å². The second kappa shape index (κ2) is 8.13. The number of nitrogens with two attached hydrogens (primary N) is 1. The van der Waals surface area contributed by atoms with Crippen molar-refractivity contribution in [1.82, 2.24) is 9.88 Å². The molecule has 0 aliphatic heterocycles. The summed E-state index contributed by atoms with van der Waals surface area (Å²) in [5.74, 6) is 0.123. The molecule has 0 saturated heterocycles. The molecule has 1 atom stereocenters. The fourth-order valence-corrected chi connectivity index (χ4v) is 2.92. The lowest BCUT2D eigenvalue weighted by Crippen LogP contribution is -2.45. The van der Waals surface area contributed by atoms with Gasteiger partial charge in [-0.2, -0.15) is 0 Å². The SMILES string of the molecule is CCN(CC)CC[C@@](CC(C)C)(C(N)=O)c1ccccn1. The second-order valence-corrected chi connectivity index (χ2v) is 6.04. The van der Waals surface area contributed by atoms with Crippen molar-refractivity contribution >= 4 is 5.91 Å². The third-order valence-electron chi connectivity index (χ3n) is 4.13. The predicted octanol–water partition coefficient (Wildman–Crippen LogP) is 2.58. The number of nitrogens with zero attached hydrogens (tertiary/aromatic N) is 2. The zero-order valence-corrected chi connectivity index (χ0v) is 13.8. The van der Waals surface area contributed by atoms with Gasteiger partial charge in [0.25, 0.3) is 0 Å². The maximum absolute atomic E-state index is 12.3. The molecule has 0 radical (unpaired) electrons. The second-order valence-electron chi connectivity index (χ2n) is 6.04. The molecular formula is C17H29N3O. The van der Waals surface area contributed by atoms with Crippen molar-refractivity contribution in [1.29, 1.82) is 0 Å². The molecule has 118 valence electrons. The number of amides is 1. The summed E-state index contributed by atoms with van der Waals surface area (Å²) in [5.41, 5.74) is 5.96. The Morgan fingerprint density at radius 1 is 1.33 bits per heavy atom. The van der Waals surface area contributed by atoms with E-state index in [4.69, 9.17) is 5.73 Å². The lowest BCUT2D eigenvalue weighted by atomic mass is 9.73. The zero-order valence-electron chi connectivity index (χ0n) is 13.8. The topological polar surface area (TPSA) is 59.2 Å². The Bertz CT molecular complexity index is 429. The van der Waals surface area contributed by atoms with Crippen LogP contribution < -0.4 is 5.73 Å². The molecule has 21 heavy (non-hydrogen) atoms. The maximum Gasteiger partial charge on any atom is 0.229 e. The molecule has 1 rings (SSSR count). The van der Waals surface area contributed by atoms with E-state index >= 15 is 0 Å². The van der Waals surface area contributed by atoms with Gasteiger partial charge < -0.3 is 10.6 Å². The molecule has 4 nitrogen and oxygen atoms in total. The van der Waals surface area contributed by atoms with Gasteiger partial charge in [-0.25, -0.2) is 0 Å². The summed E-state index contributed by atoms with van der Waals surface area (Å²) in [7, 11) is 0. The summed E-state index contributed by atoms with van der Waals surface area (Å²) in [5, 5.41) is 0. The molecule has 0 aliphatic rings. The minimum Gasteiger partial charge on any atom is -0.369 e. The molecule has 0 fully saturated rings. The van der Waals surface area contributed by atoms with E-state index in [0.29, 0.717) is 5.92 Å². The molecule has 1 heterocycles. The average Bonchev–Trinajstić information content (AvgIpc) is 2.47. The van der Waals surface area contributed by atoms with Crippen molar-refractivity contribution in [2.24, 2.45) is 11.7 Å². The van der Waals surface area contributed by atoms with Crippen LogP contribution in [0.15, 0.2) is 24.4 Å². The molecule has 4 heteroatoms. The van der Waals surface area contributed by atoms with E-state index in [2.05, 4.69) is 37.6 Å². The van der Waals surface area contributed by atoms with Crippen molar-refractivity contribution < 1.29 is 4.79 Å². The largest absolute Gasteiger partial charge is 0.369 e. The standard InChI is InChI=1S/C17H29N3O/c1-5-20(6-2)12-10-17(16(18)21,13-14(3)4)15-9-7-8-11-19-15/h7-9,11,14H,5-6,10,12-13H2,1-4H3,(H2,18,21)/t17-/m0/s1. The van der Waals surface area contributed by atoms with E-state index < -0.39 is 5.41 Å². The summed E-state index contributed by atoms with van der Waals surface area (Å²) < 4.78 is 0. The lowest BCUT2D eigenvalue weighted by Gasteiger charge is -2.33. The number of rotatable bonds is 9. The number of primary amides is 1. The first kappa shape index (κ1) is 17.6. The van der Waals surface area contributed by atoms with Crippen LogP contribution in [0.2, 0.25) is 0 Å². The first-order chi connectivity index (χ1) is 9.96. The van der Waals surface area contributed by atoms with Crippen LogP contribution in [0.1, 0.15) is 46.2 Å². The third-order valence-corrected chi connectivity index (χ3v) is 4.13. The maximum atomic E-state index is 12.3. The van der Waals surface area contributed by atoms with Gasteiger partial charge in [0.1, 0.15) is 0 Å². The highest BCUT2D eigenvalue weighted by Crippen LogP contribution is 2.33. The van der Waals surface area contributed by atoms with Crippen LogP contribution in [-0.2, 0) is 10.2 Å². The highest BCUT2D eigenvalue weighted by molar-refractivity contribution is 5.86. The van der Waals surface area contributed by atoms with Crippen molar-refractivity contribution in [2.75, 3.05) is 19.6 Å². The summed E-state index contributed by atoms with van der Waals surface area (Å²) in [6.07, 6.45) is 3.20. The number of carbonyl (C=O) groups is 1. The van der Waals surface area contributed by atoms with Gasteiger partial charge in [-0.1, -0.05) is 33.8 Å². The minimum absolute atomic E-state index is 0.262. The minimum atomic E-state index is -0.669. The summed E-state index contributed by atoms with van der Waals surface area (Å²) >= 11 is 0. The number of aromatic nitrogens is 1. The highest BCUT2D eigenvalue weighted by atomic mass is 16.1. The molecule has 0 spiro atoms. The van der Waals surface area contributed by atoms with Crippen LogP contribution in [0.25, 0.3) is 0 Å². The quantitative estimate of drug-likeness (QED) is 0.760. The molecule has 0 aromatic carbocycles. The third kappa shape index (κ3) is 4.53. The van der Waals surface area contributed by atoms with Gasteiger partial charge in [0.2, 0.25) is 5.91 Å². The molecule has 2 N–H and O–H groups in total. The number of pyridine rings is 1. The van der Waals surface area contributed by atoms with Gasteiger partial charge in [0.15, 0.2) is 0 Å². The summed E-state index contributed by atoms with van der Waals surface area (Å²) in [6.45, 7) is 11.3. The van der Waals surface area contributed by atoms with E-state index in [1.54, 1.807) is 6.20 Å². The van der Waals surface area contributed by atoms with Crippen LogP contribution in [-0.4, -0.2) is 35.4 Å². The zero-order chi connectivity index (χ0) is 15.9. The van der Waals surface area contributed by atoms with Gasteiger partial charge in [-0.05, 0) is 50.5 Å². The molecule has 1 amide bonds. The Hall–Kier alpha value is -1.42. The molecule has 1 aromatic heterocycles. The van der Waals surface area contributed by atoms with Crippen LogP contribution in [0, 0.1) is 5.92 Å². The van der Waals surface area contributed by atoms with Crippen LogP contribution in [0.5, 0.6) is 0 Å². The molecule has 0 unspecified atom stereocenters. The van der Waals surface area contributed by atoms with E-state index in [-0.39, 0.29) is 5.91 Å². The Balaban J connectivity index is 3.10. The predicted molar refractivity (Wildman–Crippen MR) is 87.0 cm³/mol. The number of hydrogen-bond donors (Lipinski definition) is 1. The number of hydrogen-bond acceptors (Lipinski definition) is 3. The van der Waals surface area contributed by atoms with E-state index in [1.165, 1.54) is 0 Å². The normalized spacial score (nSPS) is 14.4. The fourth-order valence-electron chi connectivity index (χ4n) is 2.92. The summed E-state index contributed by atoms with van der Waals surface area (Å²) in [4.78, 5) is 19.1. The van der Waals surface area contributed by atoms with Crippen LogP contribution >= 0.6 is 0 Å².